The number of carbonyl (C=O) groups is 1. The first-order chi connectivity index (χ1) is 12.2. The van der Waals surface area contributed by atoms with Gasteiger partial charge in [0.05, 0.1) is 0 Å². The number of piperidine rings is 1. The summed E-state index contributed by atoms with van der Waals surface area (Å²) in [6.07, 6.45) is 1.97. The van der Waals surface area contributed by atoms with E-state index in [1.807, 2.05) is 24.3 Å². The second-order valence-corrected chi connectivity index (χ2v) is 6.43. The van der Waals surface area contributed by atoms with Gasteiger partial charge in [-0.05, 0) is 37.8 Å². The molecular weight excluding hydrogens is 320 g/mol. The standard InChI is InChI=1S/C18H20N4O3/c1-12-10-15(21-25-12)17(23)19-11-13-6-8-22(9-7-13)18-20-14-4-2-3-5-16(14)24-18/h2-5,10,13H,6-9,11H2,1H3,(H,19,23). The van der Waals surface area contributed by atoms with Gasteiger partial charge in [0.2, 0.25) is 0 Å². The molecule has 0 bridgehead atoms. The number of aryl methyl sites for hydroxylation is 1. The van der Waals surface area contributed by atoms with Crippen molar-refractivity contribution in [1.29, 1.82) is 0 Å². The van der Waals surface area contributed by atoms with Crippen LogP contribution in [0.4, 0.5) is 6.01 Å². The first-order valence-corrected chi connectivity index (χ1v) is 8.51. The molecule has 2 aromatic heterocycles. The number of para-hydroxylation sites is 2. The number of amides is 1. The fourth-order valence-corrected chi connectivity index (χ4v) is 3.12. The van der Waals surface area contributed by atoms with Crippen LogP contribution in [0.2, 0.25) is 0 Å². The molecule has 7 heteroatoms. The lowest BCUT2D eigenvalue weighted by Gasteiger charge is -2.30. The van der Waals surface area contributed by atoms with Crippen molar-refractivity contribution in [3.05, 3.63) is 41.8 Å². The maximum atomic E-state index is 12.0. The quantitative estimate of drug-likeness (QED) is 0.786. The van der Waals surface area contributed by atoms with Crippen LogP contribution in [-0.4, -0.2) is 35.7 Å². The van der Waals surface area contributed by atoms with Crippen molar-refractivity contribution in [1.82, 2.24) is 15.5 Å². The highest BCUT2D eigenvalue weighted by Crippen LogP contribution is 2.26. The van der Waals surface area contributed by atoms with E-state index < -0.39 is 0 Å². The van der Waals surface area contributed by atoms with Crippen molar-refractivity contribution >= 4 is 23.0 Å². The van der Waals surface area contributed by atoms with Crippen LogP contribution in [0.5, 0.6) is 0 Å². The molecule has 0 spiro atoms. The number of aromatic nitrogens is 2. The number of hydrogen-bond acceptors (Lipinski definition) is 6. The molecular formula is C18H20N4O3. The molecule has 25 heavy (non-hydrogen) atoms. The molecule has 1 saturated heterocycles. The van der Waals surface area contributed by atoms with E-state index in [0.717, 1.165) is 37.0 Å². The van der Waals surface area contributed by atoms with E-state index in [9.17, 15) is 4.79 Å². The molecule has 1 N–H and O–H groups in total. The van der Waals surface area contributed by atoms with E-state index in [1.54, 1.807) is 13.0 Å². The minimum atomic E-state index is -0.182. The molecule has 3 aromatic rings. The molecule has 130 valence electrons. The zero-order valence-electron chi connectivity index (χ0n) is 14.1. The third-order valence-corrected chi connectivity index (χ3v) is 4.58. The van der Waals surface area contributed by atoms with Crippen molar-refractivity contribution in [2.75, 3.05) is 24.5 Å². The van der Waals surface area contributed by atoms with Gasteiger partial charge in [0, 0.05) is 25.7 Å². The Hall–Kier alpha value is -2.83. The van der Waals surface area contributed by atoms with Gasteiger partial charge in [0.1, 0.15) is 11.3 Å². The zero-order chi connectivity index (χ0) is 17.2. The van der Waals surface area contributed by atoms with E-state index in [4.69, 9.17) is 8.94 Å². The van der Waals surface area contributed by atoms with Crippen LogP contribution in [-0.2, 0) is 0 Å². The predicted molar refractivity (Wildman–Crippen MR) is 92.5 cm³/mol. The molecule has 0 aliphatic carbocycles. The number of carbonyl (C=O) groups excluding carboxylic acids is 1. The molecule has 1 amide bonds. The minimum absolute atomic E-state index is 0.182. The smallest absolute Gasteiger partial charge is 0.298 e. The Morgan fingerprint density at radius 1 is 1.32 bits per heavy atom. The van der Waals surface area contributed by atoms with Gasteiger partial charge in [-0.15, -0.1) is 0 Å². The van der Waals surface area contributed by atoms with E-state index in [1.165, 1.54) is 0 Å². The summed E-state index contributed by atoms with van der Waals surface area (Å²) in [5.74, 6) is 0.896. The number of fused-ring (bicyclic) bond motifs is 1. The van der Waals surface area contributed by atoms with Crippen LogP contribution < -0.4 is 10.2 Å². The third kappa shape index (κ3) is 3.35. The van der Waals surface area contributed by atoms with Crippen LogP contribution in [0, 0.1) is 12.8 Å². The zero-order valence-corrected chi connectivity index (χ0v) is 14.1. The Balaban J connectivity index is 1.30. The van der Waals surface area contributed by atoms with Crippen molar-refractivity contribution in [3.8, 4) is 0 Å². The predicted octanol–water partition coefficient (Wildman–Crippen LogP) is 2.77. The molecule has 0 radical (unpaired) electrons. The molecule has 1 aliphatic heterocycles. The summed E-state index contributed by atoms with van der Waals surface area (Å²) in [4.78, 5) is 18.7. The van der Waals surface area contributed by atoms with Crippen molar-refractivity contribution in [2.45, 2.75) is 19.8 Å². The Morgan fingerprint density at radius 3 is 2.84 bits per heavy atom. The van der Waals surface area contributed by atoms with E-state index >= 15 is 0 Å². The number of rotatable bonds is 4. The van der Waals surface area contributed by atoms with Gasteiger partial charge in [0.15, 0.2) is 11.3 Å². The number of oxazole rings is 1. The summed E-state index contributed by atoms with van der Waals surface area (Å²) in [7, 11) is 0. The molecule has 0 saturated carbocycles. The van der Waals surface area contributed by atoms with Gasteiger partial charge >= 0.3 is 0 Å². The van der Waals surface area contributed by atoms with Crippen LogP contribution in [0.15, 0.2) is 39.3 Å². The SMILES string of the molecule is Cc1cc(C(=O)NCC2CCN(c3nc4ccccc4o3)CC2)no1. The van der Waals surface area contributed by atoms with Crippen LogP contribution in [0.25, 0.3) is 11.1 Å². The lowest BCUT2D eigenvalue weighted by molar-refractivity contribution is 0.0935. The Labute approximate surface area is 145 Å². The maximum Gasteiger partial charge on any atom is 0.298 e. The van der Waals surface area contributed by atoms with Crippen molar-refractivity contribution in [2.24, 2.45) is 5.92 Å². The number of hydrogen-bond donors (Lipinski definition) is 1. The summed E-state index contributed by atoms with van der Waals surface area (Å²) in [6.45, 7) is 4.16. The summed E-state index contributed by atoms with van der Waals surface area (Å²) in [6, 6.07) is 10.1. The number of anilines is 1. The fraction of sp³-hybridized carbons (Fsp3) is 0.389. The monoisotopic (exact) mass is 340 g/mol. The van der Waals surface area contributed by atoms with Gasteiger partial charge in [-0.3, -0.25) is 4.79 Å². The van der Waals surface area contributed by atoms with Crippen LogP contribution in [0.3, 0.4) is 0 Å². The topological polar surface area (TPSA) is 84.4 Å². The molecule has 4 rings (SSSR count). The van der Waals surface area contributed by atoms with Gasteiger partial charge in [-0.2, -0.15) is 4.98 Å². The van der Waals surface area contributed by atoms with Crippen LogP contribution in [0.1, 0.15) is 29.1 Å². The van der Waals surface area contributed by atoms with Gasteiger partial charge < -0.3 is 19.2 Å². The lowest BCUT2D eigenvalue weighted by Crippen LogP contribution is -2.38. The average Bonchev–Trinajstić information content (AvgIpc) is 3.26. The highest BCUT2D eigenvalue weighted by molar-refractivity contribution is 5.92. The Kier molecular flexibility index (Phi) is 4.13. The Morgan fingerprint density at radius 2 is 2.12 bits per heavy atom. The number of nitrogens with one attached hydrogen (secondary N) is 1. The van der Waals surface area contributed by atoms with Gasteiger partial charge in [-0.1, -0.05) is 17.3 Å². The molecule has 1 aromatic carbocycles. The fourth-order valence-electron chi connectivity index (χ4n) is 3.12. The molecule has 0 atom stereocenters. The lowest BCUT2D eigenvalue weighted by atomic mass is 9.97. The van der Waals surface area contributed by atoms with E-state index in [0.29, 0.717) is 29.9 Å². The van der Waals surface area contributed by atoms with Crippen LogP contribution >= 0.6 is 0 Å². The second kappa shape index (κ2) is 6.58. The third-order valence-electron chi connectivity index (χ3n) is 4.58. The summed E-state index contributed by atoms with van der Waals surface area (Å²) in [5, 5.41) is 6.68. The maximum absolute atomic E-state index is 12.0. The number of nitrogens with zero attached hydrogens (tertiary/aromatic N) is 3. The summed E-state index contributed by atoms with van der Waals surface area (Å²) >= 11 is 0. The summed E-state index contributed by atoms with van der Waals surface area (Å²) in [5.41, 5.74) is 2.03. The minimum Gasteiger partial charge on any atom is -0.423 e. The van der Waals surface area contributed by atoms with E-state index in [-0.39, 0.29) is 5.91 Å². The highest BCUT2D eigenvalue weighted by atomic mass is 16.5. The normalized spacial score (nSPS) is 15.6. The molecule has 0 unspecified atom stereocenters. The highest BCUT2D eigenvalue weighted by Gasteiger charge is 2.23. The summed E-state index contributed by atoms with van der Waals surface area (Å²) < 4.78 is 10.8. The first-order valence-electron chi connectivity index (χ1n) is 8.51. The van der Waals surface area contributed by atoms with Crippen molar-refractivity contribution in [3.63, 3.8) is 0 Å². The number of benzene rings is 1. The molecule has 3 heterocycles. The Bertz CT molecular complexity index is 844. The average molecular weight is 340 g/mol. The molecule has 7 nitrogen and oxygen atoms in total. The largest absolute Gasteiger partial charge is 0.423 e. The molecule has 1 fully saturated rings. The van der Waals surface area contributed by atoms with Gasteiger partial charge in [0.25, 0.3) is 11.9 Å². The van der Waals surface area contributed by atoms with E-state index in [2.05, 4.69) is 20.4 Å². The van der Waals surface area contributed by atoms with Gasteiger partial charge in [-0.25, -0.2) is 0 Å². The molecule has 1 aliphatic rings. The second-order valence-electron chi connectivity index (χ2n) is 6.43. The first kappa shape index (κ1) is 15.7. The van der Waals surface area contributed by atoms with Crippen molar-refractivity contribution < 1.29 is 13.7 Å².